The van der Waals surface area contributed by atoms with E-state index in [4.69, 9.17) is 0 Å². The predicted octanol–water partition coefficient (Wildman–Crippen LogP) is 2.28. The topological polar surface area (TPSA) is 44.0 Å². The highest BCUT2D eigenvalue weighted by Crippen LogP contribution is 2.27. The Bertz CT molecular complexity index is 591. The second kappa shape index (κ2) is 5.19. The first-order valence-corrected chi connectivity index (χ1v) is 7.79. The van der Waals surface area contributed by atoms with E-state index in [1.54, 1.807) is 0 Å². The van der Waals surface area contributed by atoms with E-state index in [-0.39, 0.29) is 0 Å². The van der Waals surface area contributed by atoms with Gasteiger partial charge in [0, 0.05) is 30.6 Å². The summed E-state index contributed by atoms with van der Waals surface area (Å²) in [6, 6.07) is 9.87. The molecule has 2 saturated heterocycles. The molecule has 1 aromatic carbocycles. The highest BCUT2D eigenvalue weighted by molar-refractivity contribution is 5.81. The van der Waals surface area contributed by atoms with E-state index >= 15 is 0 Å². The first-order chi connectivity index (χ1) is 9.90. The third kappa shape index (κ3) is 2.23. The summed E-state index contributed by atoms with van der Waals surface area (Å²) in [5.41, 5.74) is 2.28. The highest BCUT2D eigenvalue weighted by atomic mass is 15.2. The SMILES string of the molecule is c1ccc2c(CN[C@H]3CCCC4CCN4C3)n[nH]c2c1. The summed E-state index contributed by atoms with van der Waals surface area (Å²) < 4.78 is 0. The summed E-state index contributed by atoms with van der Waals surface area (Å²) in [5.74, 6) is 0. The third-order valence-corrected chi connectivity index (χ3v) is 4.92. The lowest BCUT2D eigenvalue weighted by Gasteiger charge is -2.40. The Morgan fingerprint density at radius 1 is 1.25 bits per heavy atom. The van der Waals surface area contributed by atoms with Crippen molar-refractivity contribution in [1.29, 1.82) is 0 Å². The molecule has 0 spiro atoms. The molecular formula is C16H22N4. The lowest BCUT2D eigenvalue weighted by atomic mass is 10.00. The third-order valence-electron chi connectivity index (χ3n) is 4.92. The number of benzene rings is 1. The van der Waals surface area contributed by atoms with Crippen LogP contribution >= 0.6 is 0 Å². The molecule has 2 N–H and O–H groups in total. The van der Waals surface area contributed by atoms with Crippen LogP contribution in [-0.4, -0.2) is 40.3 Å². The van der Waals surface area contributed by atoms with Crippen molar-refractivity contribution < 1.29 is 0 Å². The number of rotatable bonds is 3. The van der Waals surface area contributed by atoms with Gasteiger partial charge in [0.05, 0.1) is 11.2 Å². The molecular weight excluding hydrogens is 248 g/mol. The molecule has 2 fully saturated rings. The summed E-state index contributed by atoms with van der Waals surface area (Å²) in [5, 5.41) is 12.5. The second-order valence-electron chi connectivity index (χ2n) is 6.16. The molecule has 2 aliphatic rings. The van der Waals surface area contributed by atoms with Crippen molar-refractivity contribution in [2.45, 2.75) is 44.3 Å². The van der Waals surface area contributed by atoms with Gasteiger partial charge in [0.15, 0.2) is 0 Å². The fourth-order valence-corrected chi connectivity index (χ4v) is 3.60. The van der Waals surface area contributed by atoms with E-state index in [9.17, 15) is 0 Å². The Kier molecular flexibility index (Phi) is 3.20. The zero-order valence-electron chi connectivity index (χ0n) is 11.8. The molecule has 20 heavy (non-hydrogen) atoms. The average molecular weight is 270 g/mol. The molecule has 1 aromatic heterocycles. The van der Waals surface area contributed by atoms with Crippen LogP contribution in [0, 0.1) is 0 Å². The largest absolute Gasteiger partial charge is 0.307 e. The van der Waals surface area contributed by atoms with Crippen molar-refractivity contribution in [1.82, 2.24) is 20.4 Å². The molecule has 0 saturated carbocycles. The van der Waals surface area contributed by atoms with Crippen molar-refractivity contribution in [3.05, 3.63) is 30.0 Å². The quantitative estimate of drug-likeness (QED) is 0.899. The lowest BCUT2D eigenvalue weighted by Crippen LogP contribution is -2.51. The van der Waals surface area contributed by atoms with E-state index in [0.717, 1.165) is 23.8 Å². The Morgan fingerprint density at radius 3 is 3.10 bits per heavy atom. The zero-order valence-corrected chi connectivity index (χ0v) is 11.8. The van der Waals surface area contributed by atoms with Gasteiger partial charge in [-0.25, -0.2) is 0 Å². The molecule has 4 rings (SSSR count). The van der Waals surface area contributed by atoms with Gasteiger partial charge in [-0.1, -0.05) is 24.6 Å². The lowest BCUT2D eigenvalue weighted by molar-refractivity contribution is 0.0864. The summed E-state index contributed by atoms with van der Waals surface area (Å²) in [7, 11) is 0. The monoisotopic (exact) mass is 270 g/mol. The number of hydrogen-bond donors (Lipinski definition) is 2. The van der Waals surface area contributed by atoms with E-state index in [0.29, 0.717) is 6.04 Å². The van der Waals surface area contributed by atoms with Crippen LogP contribution in [0.1, 0.15) is 31.4 Å². The minimum Gasteiger partial charge on any atom is -0.307 e. The van der Waals surface area contributed by atoms with Crippen LogP contribution in [0.25, 0.3) is 10.9 Å². The summed E-state index contributed by atoms with van der Waals surface area (Å²) in [6.07, 6.45) is 5.47. The van der Waals surface area contributed by atoms with Gasteiger partial charge in [0.1, 0.15) is 0 Å². The van der Waals surface area contributed by atoms with Gasteiger partial charge in [-0.2, -0.15) is 5.10 Å². The van der Waals surface area contributed by atoms with E-state index < -0.39 is 0 Å². The Labute approximate surface area is 119 Å². The van der Waals surface area contributed by atoms with Crippen LogP contribution in [0.15, 0.2) is 24.3 Å². The van der Waals surface area contributed by atoms with E-state index in [1.807, 2.05) is 6.07 Å². The smallest absolute Gasteiger partial charge is 0.0838 e. The van der Waals surface area contributed by atoms with Crippen molar-refractivity contribution in [3.8, 4) is 0 Å². The van der Waals surface area contributed by atoms with Gasteiger partial charge >= 0.3 is 0 Å². The molecule has 4 nitrogen and oxygen atoms in total. The fraction of sp³-hybridized carbons (Fsp3) is 0.562. The molecule has 106 valence electrons. The number of nitrogens with one attached hydrogen (secondary N) is 2. The number of fused-ring (bicyclic) bond motifs is 2. The maximum Gasteiger partial charge on any atom is 0.0838 e. The molecule has 2 aromatic rings. The van der Waals surface area contributed by atoms with Crippen LogP contribution in [0.2, 0.25) is 0 Å². The van der Waals surface area contributed by atoms with Crippen molar-refractivity contribution in [3.63, 3.8) is 0 Å². The molecule has 0 radical (unpaired) electrons. The standard InChI is InChI=1S/C16H22N4/c1-2-7-15-14(6-1)16(19-18-15)10-17-12-4-3-5-13-8-9-20(13)11-12/h1-2,6-7,12-13,17H,3-5,8-11H2,(H,18,19)/t12-,13?/m0/s1. The first-order valence-electron chi connectivity index (χ1n) is 7.79. The van der Waals surface area contributed by atoms with Gasteiger partial charge in [-0.3, -0.25) is 10.00 Å². The van der Waals surface area contributed by atoms with Crippen LogP contribution < -0.4 is 5.32 Å². The van der Waals surface area contributed by atoms with Crippen LogP contribution in [0.3, 0.4) is 0 Å². The zero-order chi connectivity index (χ0) is 13.4. The van der Waals surface area contributed by atoms with Crippen molar-refractivity contribution in [2.75, 3.05) is 13.1 Å². The maximum absolute atomic E-state index is 4.45. The Hall–Kier alpha value is -1.39. The number of nitrogens with zero attached hydrogens (tertiary/aromatic N) is 2. The fourth-order valence-electron chi connectivity index (χ4n) is 3.60. The molecule has 0 amide bonds. The van der Waals surface area contributed by atoms with E-state index in [2.05, 4.69) is 38.6 Å². The first kappa shape index (κ1) is 12.4. The van der Waals surface area contributed by atoms with Crippen molar-refractivity contribution in [2.24, 2.45) is 0 Å². The molecule has 2 atom stereocenters. The number of H-pyrrole nitrogens is 1. The number of para-hydroxylation sites is 1. The minimum absolute atomic E-state index is 0.621. The van der Waals surface area contributed by atoms with Crippen LogP contribution in [0.4, 0.5) is 0 Å². The van der Waals surface area contributed by atoms with Gasteiger partial charge in [-0.15, -0.1) is 0 Å². The van der Waals surface area contributed by atoms with Gasteiger partial charge < -0.3 is 5.32 Å². The summed E-state index contributed by atoms with van der Waals surface area (Å²) >= 11 is 0. The van der Waals surface area contributed by atoms with Gasteiger partial charge in [0.25, 0.3) is 0 Å². The van der Waals surface area contributed by atoms with Gasteiger partial charge in [0.2, 0.25) is 0 Å². The Balaban J connectivity index is 1.42. The van der Waals surface area contributed by atoms with Crippen LogP contribution in [-0.2, 0) is 6.54 Å². The molecule has 0 bridgehead atoms. The normalized spacial score (nSPS) is 27.0. The van der Waals surface area contributed by atoms with E-state index in [1.165, 1.54) is 44.2 Å². The number of hydrogen-bond acceptors (Lipinski definition) is 3. The Morgan fingerprint density at radius 2 is 2.20 bits per heavy atom. The van der Waals surface area contributed by atoms with Crippen LogP contribution in [0.5, 0.6) is 0 Å². The molecule has 1 unspecified atom stereocenters. The second-order valence-corrected chi connectivity index (χ2v) is 6.16. The molecule has 0 aliphatic carbocycles. The minimum atomic E-state index is 0.621. The predicted molar refractivity (Wildman–Crippen MR) is 80.6 cm³/mol. The van der Waals surface area contributed by atoms with Crippen molar-refractivity contribution >= 4 is 10.9 Å². The highest BCUT2D eigenvalue weighted by Gasteiger charge is 2.31. The van der Waals surface area contributed by atoms with Gasteiger partial charge in [-0.05, 0) is 31.9 Å². The molecule has 3 heterocycles. The number of aromatic amines is 1. The number of aromatic nitrogens is 2. The maximum atomic E-state index is 4.45. The average Bonchev–Trinajstić information content (AvgIpc) is 2.81. The summed E-state index contributed by atoms with van der Waals surface area (Å²) in [4.78, 5) is 2.65. The summed E-state index contributed by atoms with van der Waals surface area (Å²) in [6.45, 7) is 3.38. The molecule has 2 aliphatic heterocycles. The molecule has 4 heteroatoms.